The van der Waals surface area contributed by atoms with Crippen molar-refractivity contribution in [2.45, 2.75) is 20.3 Å². The molecular formula is C14H15N7. The highest BCUT2D eigenvalue weighted by Gasteiger charge is 2.14. The zero-order valence-corrected chi connectivity index (χ0v) is 11.9. The van der Waals surface area contributed by atoms with Crippen molar-refractivity contribution in [1.29, 1.82) is 0 Å². The van der Waals surface area contributed by atoms with E-state index in [9.17, 15) is 0 Å². The van der Waals surface area contributed by atoms with E-state index in [1.807, 2.05) is 19.1 Å². The number of nitrogen functional groups attached to an aromatic ring is 1. The summed E-state index contributed by atoms with van der Waals surface area (Å²) in [5, 5.41) is 11.9. The maximum absolute atomic E-state index is 5.58. The summed E-state index contributed by atoms with van der Waals surface area (Å²) < 4.78 is 1.67. The topological polar surface area (TPSA) is 95.4 Å². The van der Waals surface area contributed by atoms with Crippen molar-refractivity contribution in [1.82, 2.24) is 30.2 Å². The summed E-state index contributed by atoms with van der Waals surface area (Å²) in [6, 6.07) is 8.11. The van der Waals surface area contributed by atoms with Crippen molar-refractivity contribution in [3.63, 3.8) is 0 Å². The third kappa shape index (κ3) is 2.45. The minimum atomic E-state index is 0.238. The van der Waals surface area contributed by atoms with E-state index in [-0.39, 0.29) is 5.95 Å². The Bertz CT molecular complexity index is 761. The van der Waals surface area contributed by atoms with Crippen molar-refractivity contribution >= 4 is 5.95 Å². The zero-order valence-electron chi connectivity index (χ0n) is 11.9. The number of rotatable bonds is 3. The first-order valence-corrected chi connectivity index (χ1v) is 6.66. The van der Waals surface area contributed by atoms with Gasteiger partial charge in [-0.25, -0.2) is 9.97 Å². The quantitative estimate of drug-likeness (QED) is 0.783. The summed E-state index contributed by atoms with van der Waals surface area (Å²) in [5.74, 6) is 0.833. The smallest absolute Gasteiger partial charge is 0.220 e. The predicted octanol–water partition coefficient (Wildman–Crippen LogP) is 1.57. The van der Waals surface area contributed by atoms with Crippen molar-refractivity contribution < 1.29 is 0 Å². The molecule has 2 heterocycles. The maximum atomic E-state index is 5.58. The third-order valence-electron chi connectivity index (χ3n) is 3.30. The Kier molecular flexibility index (Phi) is 3.31. The predicted molar refractivity (Wildman–Crippen MR) is 78.7 cm³/mol. The van der Waals surface area contributed by atoms with E-state index < -0.39 is 0 Å². The number of hydrogen-bond acceptors (Lipinski definition) is 6. The van der Waals surface area contributed by atoms with Crippen LogP contribution in [0, 0.1) is 6.92 Å². The fourth-order valence-electron chi connectivity index (χ4n) is 2.11. The third-order valence-corrected chi connectivity index (χ3v) is 3.30. The normalized spacial score (nSPS) is 10.8. The Hall–Kier alpha value is -2.83. The molecule has 0 aliphatic heterocycles. The number of hydrogen-bond donors (Lipinski definition) is 1. The van der Waals surface area contributed by atoms with Crippen LogP contribution in [0.3, 0.4) is 0 Å². The summed E-state index contributed by atoms with van der Waals surface area (Å²) in [6.07, 6.45) is 2.63. The summed E-state index contributed by atoms with van der Waals surface area (Å²) in [6.45, 7) is 3.97. The molecule has 2 N–H and O–H groups in total. The highest BCUT2D eigenvalue weighted by atomic mass is 15.5. The number of benzene rings is 1. The van der Waals surface area contributed by atoms with Crippen LogP contribution in [0.4, 0.5) is 5.95 Å². The molecule has 0 fully saturated rings. The standard InChI is InChI=1S/C14H15N7/c1-3-10-4-6-11(7-5-10)21-13(18-19-20-21)12-8-16-14(15)17-9(12)2/h4-8H,3H2,1-2H3,(H2,15,16,17). The number of aryl methyl sites for hydroxylation is 2. The van der Waals surface area contributed by atoms with Crippen molar-refractivity contribution in [2.24, 2.45) is 0 Å². The van der Waals surface area contributed by atoms with Crippen LogP contribution in [0.15, 0.2) is 30.5 Å². The Morgan fingerprint density at radius 2 is 1.95 bits per heavy atom. The van der Waals surface area contributed by atoms with E-state index in [0.717, 1.165) is 23.4 Å². The monoisotopic (exact) mass is 281 g/mol. The van der Waals surface area contributed by atoms with Gasteiger partial charge in [-0.3, -0.25) is 0 Å². The SMILES string of the molecule is CCc1ccc(-n2nnnc2-c2cnc(N)nc2C)cc1. The number of anilines is 1. The van der Waals surface area contributed by atoms with Crippen LogP contribution in [0.1, 0.15) is 18.2 Å². The molecule has 0 radical (unpaired) electrons. The van der Waals surface area contributed by atoms with Gasteiger partial charge >= 0.3 is 0 Å². The fourth-order valence-corrected chi connectivity index (χ4v) is 2.11. The van der Waals surface area contributed by atoms with E-state index in [2.05, 4.69) is 44.5 Å². The Morgan fingerprint density at radius 3 is 2.62 bits per heavy atom. The lowest BCUT2D eigenvalue weighted by atomic mass is 10.1. The zero-order chi connectivity index (χ0) is 14.8. The van der Waals surface area contributed by atoms with Gasteiger partial charge in [0.2, 0.25) is 5.95 Å². The Morgan fingerprint density at radius 1 is 1.19 bits per heavy atom. The van der Waals surface area contributed by atoms with Gasteiger partial charge in [0.05, 0.1) is 16.9 Å². The Labute approximate surface area is 121 Å². The molecule has 0 spiro atoms. The fraction of sp³-hybridized carbons (Fsp3) is 0.214. The second-order valence-corrected chi connectivity index (χ2v) is 4.66. The van der Waals surface area contributed by atoms with Crippen LogP contribution in [0.25, 0.3) is 17.1 Å². The summed E-state index contributed by atoms with van der Waals surface area (Å²) in [5.41, 5.74) is 9.24. The molecule has 7 heteroatoms. The van der Waals surface area contributed by atoms with Gasteiger partial charge in [-0.15, -0.1) is 5.10 Å². The van der Waals surface area contributed by atoms with Crippen LogP contribution in [0.5, 0.6) is 0 Å². The summed E-state index contributed by atoms with van der Waals surface area (Å²) in [7, 11) is 0. The number of aromatic nitrogens is 6. The Balaban J connectivity index is 2.07. The molecule has 1 aromatic carbocycles. The van der Waals surface area contributed by atoms with Gasteiger partial charge in [-0.1, -0.05) is 19.1 Å². The number of nitrogens with zero attached hydrogens (tertiary/aromatic N) is 6. The van der Waals surface area contributed by atoms with Crippen LogP contribution >= 0.6 is 0 Å². The molecule has 0 atom stereocenters. The van der Waals surface area contributed by atoms with E-state index in [1.165, 1.54) is 5.56 Å². The molecule has 0 bridgehead atoms. The average molecular weight is 281 g/mol. The average Bonchev–Trinajstić information content (AvgIpc) is 2.96. The first-order valence-electron chi connectivity index (χ1n) is 6.66. The molecule has 3 aromatic rings. The first kappa shape index (κ1) is 13.2. The van der Waals surface area contributed by atoms with Gasteiger partial charge in [0.1, 0.15) is 0 Å². The molecule has 21 heavy (non-hydrogen) atoms. The van der Waals surface area contributed by atoms with Crippen LogP contribution < -0.4 is 5.73 Å². The largest absolute Gasteiger partial charge is 0.368 e. The lowest BCUT2D eigenvalue weighted by molar-refractivity contribution is 0.790. The van der Waals surface area contributed by atoms with Crippen LogP contribution in [0.2, 0.25) is 0 Å². The van der Waals surface area contributed by atoms with E-state index in [1.54, 1.807) is 10.9 Å². The molecule has 7 nitrogen and oxygen atoms in total. The van der Waals surface area contributed by atoms with Gasteiger partial charge in [0.15, 0.2) is 5.82 Å². The molecule has 2 aromatic heterocycles. The minimum absolute atomic E-state index is 0.238. The second kappa shape index (κ2) is 5.28. The molecule has 0 saturated heterocycles. The molecule has 0 saturated carbocycles. The molecule has 3 rings (SSSR count). The summed E-state index contributed by atoms with van der Waals surface area (Å²) in [4.78, 5) is 8.17. The van der Waals surface area contributed by atoms with E-state index in [4.69, 9.17) is 5.73 Å². The van der Waals surface area contributed by atoms with Gasteiger partial charge in [-0.05, 0) is 41.5 Å². The summed E-state index contributed by atoms with van der Waals surface area (Å²) >= 11 is 0. The van der Waals surface area contributed by atoms with Crippen LogP contribution in [-0.2, 0) is 6.42 Å². The van der Waals surface area contributed by atoms with Crippen LogP contribution in [-0.4, -0.2) is 30.2 Å². The van der Waals surface area contributed by atoms with E-state index in [0.29, 0.717) is 5.82 Å². The van der Waals surface area contributed by atoms with Gasteiger partial charge in [-0.2, -0.15) is 4.68 Å². The van der Waals surface area contributed by atoms with Gasteiger partial charge < -0.3 is 5.73 Å². The van der Waals surface area contributed by atoms with Gasteiger partial charge in [0.25, 0.3) is 0 Å². The molecule has 106 valence electrons. The minimum Gasteiger partial charge on any atom is -0.368 e. The molecule has 0 amide bonds. The van der Waals surface area contributed by atoms with Crippen molar-refractivity contribution in [3.8, 4) is 17.1 Å². The molecule has 0 aliphatic carbocycles. The first-order chi connectivity index (χ1) is 10.2. The molecule has 0 aliphatic rings. The molecule has 0 unspecified atom stereocenters. The van der Waals surface area contributed by atoms with Gasteiger partial charge in [0, 0.05) is 6.20 Å². The maximum Gasteiger partial charge on any atom is 0.220 e. The lowest BCUT2D eigenvalue weighted by Gasteiger charge is -2.07. The number of tetrazole rings is 1. The highest BCUT2D eigenvalue weighted by Crippen LogP contribution is 2.21. The number of nitrogens with two attached hydrogens (primary N) is 1. The second-order valence-electron chi connectivity index (χ2n) is 4.66. The van der Waals surface area contributed by atoms with Crippen molar-refractivity contribution in [3.05, 3.63) is 41.7 Å². The molecular weight excluding hydrogens is 266 g/mol. The van der Waals surface area contributed by atoms with Crippen molar-refractivity contribution in [2.75, 3.05) is 5.73 Å². The van der Waals surface area contributed by atoms with E-state index >= 15 is 0 Å². The highest BCUT2D eigenvalue weighted by molar-refractivity contribution is 5.59. The lowest BCUT2D eigenvalue weighted by Crippen LogP contribution is -2.04.